The lowest BCUT2D eigenvalue weighted by atomic mass is 10.2. The molecular formula is C9H12N2O2S2. The minimum absolute atomic E-state index is 0.0915. The zero-order valence-electron chi connectivity index (χ0n) is 7.92. The first-order valence-corrected chi connectivity index (χ1v) is 4.82. The smallest absolute Gasteiger partial charge is 0.273 e. The number of benzene rings is 1. The highest BCUT2D eigenvalue weighted by molar-refractivity contribution is 7.96. The van der Waals surface area contributed by atoms with Gasteiger partial charge in [-0.15, -0.1) is 0 Å². The molecule has 0 aliphatic heterocycles. The largest absolute Gasteiger partial charge is 0.466 e. The number of carbonyl (C=O) groups is 1. The average Bonchev–Trinajstić information content (AvgIpc) is 2.15. The van der Waals surface area contributed by atoms with Crippen LogP contribution >= 0.6 is 24.8 Å². The van der Waals surface area contributed by atoms with Gasteiger partial charge >= 0.3 is 0 Å². The maximum Gasteiger partial charge on any atom is 0.273 e. The predicted octanol–water partition coefficient (Wildman–Crippen LogP) is 1.44. The molecule has 0 aromatic heterocycles. The quantitative estimate of drug-likeness (QED) is 0.543. The molecular weight excluding hydrogens is 232 g/mol. The van der Waals surface area contributed by atoms with E-state index in [0.29, 0.717) is 6.61 Å². The molecule has 1 aromatic rings. The number of carbonyl (C=O) groups excluding carboxylic acids is 1. The highest BCUT2D eigenvalue weighted by Crippen LogP contribution is 1.99. The van der Waals surface area contributed by atoms with Crippen LogP contribution in [0.4, 0.5) is 4.79 Å². The van der Waals surface area contributed by atoms with Crippen molar-refractivity contribution in [2.45, 2.75) is 6.61 Å². The van der Waals surface area contributed by atoms with Gasteiger partial charge in [0, 0.05) is 0 Å². The van der Waals surface area contributed by atoms with Crippen molar-refractivity contribution in [1.29, 1.82) is 0 Å². The average molecular weight is 244 g/mol. The SMILES string of the molecule is NC(=O)S.NC(=S)OCc1ccccc1. The van der Waals surface area contributed by atoms with Gasteiger partial charge in [-0.2, -0.15) is 0 Å². The van der Waals surface area contributed by atoms with E-state index in [-0.39, 0.29) is 5.17 Å². The van der Waals surface area contributed by atoms with Crippen LogP contribution in [0.3, 0.4) is 0 Å². The minimum Gasteiger partial charge on any atom is -0.466 e. The van der Waals surface area contributed by atoms with Gasteiger partial charge < -0.3 is 16.2 Å². The summed E-state index contributed by atoms with van der Waals surface area (Å²) in [5, 5.41) is -0.547. The summed E-state index contributed by atoms with van der Waals surface area (Å²) in [6.45, 7) is 0.455. The van der Waals surface area contributed by atoms with Crippen LogP contribution in [0.2, 0.25) is 0 Å². The van der Waals surface area contributed by atoms with Crippen molar-refractivity contribution in [1.82, 2.24) is 0 Å². The number of nitrogens with two attached hydrogens (primary N) is 2. The Kier molecular flexibility index (Phi) is 7.39. The van der Waals surface area contributed by atoms with E-state index < -0.39 is 5.24 Å². The number of thiocarbonyl (C=S) groups is 1. The number of thiol groups is 1. The van der Waals surface area contributed by atoms with Crippen LogP contribution in [0.5, 0.6) is 0 Å². The molecule has 0 bridgehead atoms. The van der Waals surface area contributed by atoms with Crippen molar-refractivity contribution in [2.24, 2.45) is 11.5 Å². The fourth-order valence-electron chi connectivity index (χ4n) is 0.729. The lowest BCUT2D eigenvalue weighted by molar-refractivity contribution is 0.267. The second kappa shape index (κ2) is 8.07. The zero-order valence-corrected chi connectivity index (χ0v) is 9.63. The first kappa shape index (κ1) is 13.7. The van der Waals surface area contributed by atoms with Crippen LogP contribution in [-0.2, 0) is 11.3 Å². The molecule has 0 saturated heterocycles. The van der Waals surface area contributed by atoms with Gasteiger partial charge in [0.25, 0.3) is 10.4 Å². The molecule has 0 fully saturated rings. The Morgan fingerprint density at radius 1 is 1.33 bits per heavy atom. The van der Waals surface area contributed by atoms with Gasteiger partial charge in [-0.05, 0) is 17.8 Å². The fraction of sp³-hybridized carbons (Fsp3) is 0.111. The van der Waals surface area contributed by atoms with E-state index in [2.05, 4.69) is 30.6 Å². The molecule has 1 amide bonds. The number of primary amides is 1. The fourth-order valence-corrected chi connectivity index (χ4v) is 0.788. The standard InChI is InChI=1S/C8H9NOS.CH3NOS/c9-8(11)10-6-7-4-2-1-3-5-7;2-1(3)4/h1-5H,6H2,(H2,9,11);(H3,2,3,4). The van der Waals surface area contributed by atoms with Gasteiger partial charge in [-0.25, -0.2) is 0 Å². The van der Waals surface area contributed by atoms with Crippen molar-refractivity contribution in [3.63, 3.8) is 0 Å². The van der Waals surface area contributed by atoms with Gasteiger partial charge in [0.05, 0.1) is 0 Å². The Hall–Kier alpha value is -1.27. The zero-order chi connectivity index (χ0) is 11.7. The van der Waals surface area contributed by atoms with Crippen molar-refractivity contribution < 1.29 is 9.53 Å². The van der Waals surface area contributed by atoms with Gasteiger partial charge in [0.15, 0.2) is 0 Å². The summed E-state index contributed by atoms with van der Waals surface area (Å²) in [5.74, 6) is 0. The Bertz CT molecular complexity index is 313. The summed E-state index contributed by atoms with van der Waals surface area (Å²) in [6.07, 6.45) is 0. The molecule has 0 spiro atoms. The highest BCUT2D eigenvalue weighted by Gasteiger charge is 1.91. The van der Waals surface area contributed by atoms with Crippen molar-refractivity contribution in [3.8, 4) is 0 Å². The maximum absolute atomic E-state index is 9.09. The third-order valence-electron chi connectivity index (χ3n) is 1.22. The van der Waals surface area contributed by atoms with Crippen molar-refractivity contribution in [3.05, 3.63) is 35.9 Å². The van der Waals surface area contributed by atoms with E-state index in [1.807, 2.05) is 30.3 Å². The lowest BCUT2D eigenvalue weighted by Crippen LogP contribution is -2.12. The normalized spacial score (nSPS) is 8.33. The molecule has 0 heterocycles. The van der Waals surface area contributed by atoms with E-state index in [1.165, 1.54) is 0 Å². The van der Waals surface area contributed by atoms with Crippen molar-refractivity contribution in [2.75, 3.05) is 0 Å². The molecule has 15 heavy (non-hydrogen) atoms. The monoisotopic (exact) mass is 244 g/mol. The number of rotatable bonds is 2. The minimum atomic E-state index is -0.639. The van der Waals surface area contributed by atoms with Crippen LogP contribution < -0.4 is 11.5 Å². The Morgan fingerprint density at radius 2 is 1.80 bits per heavy atom. The molecule has 82 valence electrons. The van der Waals surface area contributed by atoms with E-state index in [0.717, 1.165) is 5.56 Å². The van der Waals surface area contributed by atoms with E-state index in [4.69, 9.17) is 15.3 Å². The van der Waals surface area contributed by atoms with Crippen LogP contribution in [0.25, 0.3) is 0 Å². The Labute approximate surface area is 99.0 Å². The molecule has 4 N–H and O–H groups in total. The Morgan fingerprint density at radius 3 is 2.20 bits per heavy atom. The van der Waals surface area contributed by atoms with E-state index in [9.17, 15) is 0 Å². The number of hydrogen-bond donors (Lipinski definition) is 3. The van der Waals surface area contributed by atoms with Crippen LogP contribution in [-0.4, -0.2) is 10.4 Å². The number of ether oxygens (including phenoxy) is 1. The molecule has 0 aliphatic carbocycles. The topological polar surface area (TPSA) is 78.3 Å². The molecule has 1 aromatic carbocycles. The molecule has 0 atom stereocenters. The first-order chi connectivity index (χ1) is 7.02. The molecule has 0 unspecified atom stereocenters. The third-order valence-corrected chi connectivity index (χ3v) is 1.34. The van der Waals surface area contributed by atoms with Gasteiger partial charge in [0.2, 0.25) is 0 Å². The summed E-state index contributed by atoms with van der Waals surface area (Å²) in [7, 11) is 0. The number of amides is 1. The second-order valence-electron chi connectivity index (χ2n) is 2.43. The van der Waals surface area contributed by atoms with E-state index >= 15 is 0 Å². The van der Waals surface area contributed by atoms with Crippen LogP contribution in [0, 0.1) is 0 Å². The van der Waals surface area contributed by atoms with Crippen LogP contribution in [0.1, 0.15) is 5.56 Å². The molecule has 6 heteroatoms. The molecule has 1 rings (SSSR count). The van der Waals surface area contributed by atoms with Crippen molar-refractivity contribution >= 4 is 35.3 Å². The maximum atomic E-state index is 9.09. The summed E-state index contributed by atoms with van der Waals surface area (Å²) in [5.41, 5.74) is 10.6. The van der Waals surface area contributed by atoms with E-state index in [1.54, 1.807) is 0 Å². The summed E-state index contributed by atoms with van der Waals surface area (Å²) in [4.78, 5) is 9.09. The second-order valence-corrected chi connectivity index (χ2v) is 3.27. The van der Waals surface area contributed by atoms with Crippen LogP contribution in [0.15, 0.2) is 30.3 Å². The third kappa shape index (κ3) is 10.7. The first-order valence-electron chi connectivity index (χ1n) is 3.97. The number of hydrogen-bond acceptors (Lipinski definition) is 3. The summed E-state index contributed by atoms with van der Waals surface area (Å²) in [6, 6.07) is 9.75. The molecule has 0 saturated carbocycles. The lowest BCUT2D eigenvalue weighted by Gasteiger charge is -2.01. The summed E-state index contributed by atoms with van der Waals surface area (Å²) >= 11 is 7.66. The summed E-state index contributed by atoms with van der Waals surface area (Å²) < 4.78 is 4.94. The van der Waals surface area contributed by atoms with Gasteiger partial charge in [0.1, 0.15) is 6.61 Å². The molecule has 0 radical (unpaired) electrons. The molecule has 0 aliphatic rings. The van der Waals surface area contributed by atoms with Gasteiger partial charge in [-0.1, -0.05) is 43.0 Å². The van der Waals surface area contributed by atoms with Gasteiger partial charge in [-0.3, -0.25) is 4.79 Å². The predicted molar refractivity (Wildman–Crippen MR) is 66.6 cm³/mol. The highest BCUT2D eigenvalue weighted by atomic mass is 32.1. The molecule has 4 nitrogen and oxygen atoms in total. The Balaban J connectivity index is 0.000000423.